The second-order valence-corrected chi connectivity index (χ2v) is 6.03. The zero-order valence-corrected chi connectivity index (χ0v) is 11.3. The Morgan fingerprint density at radius 2 is 1.94 bits per heavy atom. The van der Waals surface area contributed by atoms with Crippen LogP contribution in [0.2, 0.25) is 0 Å². The molecule has 18 heavy (non-hydrogen) atoms. The van der Waals surface area contributed by atoms with Crippen molar-refractivity contribution in [3.05, 3.63) is 23.8 Å². The first kappa shape index (κ1) is 12.1. The molecule has 0 amide bonds. The molecule has 0 radical (unpaired) electrons. The fourth-order valence-corrected chi connectivity index (χ4v) is 3.48. The molecule has 1 saturated heterocycles. The molecule has 2 N–H and O–H groups in total. The summed E-state index contributed by atoms with van der Waals surface area (Å²) in [6.07, 6.45) is 6.91. The van der Waals surface area contributed by atoms with Crippen molar-refractivity contribution in [3.63, 3.8) is 0 Å². The van der Waals surface area contributed by atoms with Crippen LogP contribution < -0.4 is 5.73 Å². The summed E-state index contributed by atoms with van der Waals surface area (Å²) in [5.74, 6) is 0. The zero-order valence-electron chi connectivity index (χ0n) is 11.3. The first-order valence-corrected chi connectivity index (χ1v) is 6.92. The van der Waals surface area contributed by atoms with E-state index >= 15 is 0 Å². The highest BCUT2D eigenvalue weighted by Crippen LogP contribution is 2.49. The molecule has 0 bridgehead atoms. The van der Waals surface area contributed by atoms with Crippen molar-refractivity contribution in [2.24, 2.45) is 11.1 Å². The van der Waals surface area contributed by atoms with Crippen LogP contribution in [0.25, 0.3) is 0 Å². The lowest BCUT2D eigenvalue weighted by atomic mass is 9.73. The summed E-state index contributed by atoms with van der Waals surface area (Å²) in [4.78, 5) is 11.4. The van der Waals surface area contributed by atoms with Crippen molar-refractivity contribution in [3.8, 4) is 0 Å². The van der Waals surface area contributed by atoms with Gasteiger partial charge in [-0.25, -0.2) is 0 Å². The molecule has 1 fully saturated rings. The van der Waals surface area contributed by atoms with Gasteiger partial charge in [0, 0.05) is 18.4 Å². The van der Waals surface area contributed by atoms with E-state index in [0.717, 1.165) is 30.9 Å². The monoisotopic (exact) mass is 246 g/mol. The van der Waals surface area contributed by atoms with Crippen LogP contribution in [0.5, 0.6) is 0 Å². The third-order valence-corrected chi connectivity index (χ3v) is 4.80. The van der Waals surface area contributed by atoms with E-state index in [0.29, 0.717) is 6.04 Å². The number of nitrogens with two attached hydrogens (primary N) is 1. The molecule has 2 heterocycles. The van der Waals surface area contributed by atoms with E-state index in [1.54, 1.807) is 12.4 Å². The van der Waals surface area contributed by atoms with E-state index in [4.69, 9.17) is 5.73 Å². The van der Waals surface area contributed by atoms with Gasteiger partial charge in [-0.1, -0.05) is 0 Å². The summed E-state index contributed by atoms with van der Waals surface area (Å²) in [6.45, 7) is 6.84. The maximum atomic E-state index is 6.46. The average Bonchev–Trinajstić information content (AvgIpc) is 2.64. The van der Waals surface area contributed by atoms with Crippen LogP contribution in [0.4, 0.5) is 0 Å². The topological polar surface area (TPSA) is 55.0 Å². The van der Waals surface area contributed by atoms with Gasteiger partial charge in [0.05, 0.1) is 17.4 Å². The third-order valence-electron chi connectivity index (χ3n) is 4.80. The predicted molar refractivity (Wildman–Crippen MR) is 71.0 cm³/mol. The predicted octanol–water partition coefficient (Wildman–Crippen LogP) is 1.52. The molecule has 1 aliphatic carbocycles. The number of aromatic nitrogens is 2. The highest BCUT2D eigenvalue weighted by atomic mass is 15.2. The van der Waals surface area contributed by atoms with Crippen molar-refractivity contribution in [1.82, 2.24) is 14.9 Å². The smallest absolute Gasteiger partial charge is 0.0791 e. The number of nitrogens with zero attached hydrogens (tertiary/aromatic N) is 3. The van der Waals surface area contributed by atoms with Gasteiger partial charge in [-0.2, -0.15) is 0 Å². The van der Waals surface area contributed by atoms with Gasteiger partial charge in [-0.3, -0.25) is 9.97 Å². The molecule has 0 saturated carbocycles. The normalized spacial score (nSPS) is 26.8. The van der Waals surface area contributed by atoms with Gasteiger partial charge in [-0.15, -0.1) is 0 Å². The van der Waals surface area contributed by atoms with Crippen LogP contribution in [-0.4, -0.2) is 34.0 Å². The fraction of sp³-hybridized carbons (Fsp3) is 0.714. The molecule has 1 spiro atoms. The van der Waals surface area contributed by atoms with Crippen molar-refractivity contribution >= 4 is 0 Å². The van der Waals surface area contributed by atoms with E-state index in [2.05, 4.69) is 28.7 Å². The van der Waals surface area contributed by atoms with Crippen LogP contribution in [0.15, 0.2) is 12.4 Å². The van der Waals surface area contributed by atoms with Crippen LogP contribution in [0.1, 0.15) is 44.1 Å². The molecule has 1 atom stereocenters. The summed E-state index contributed by atoms with van der Waals surface area (Å²) >= 11 is 0. The molecule has 0 aromatic carbocycles. The van der Waals surface area contributed by atoms with Crippen molar-refractivity contribution in [2.75, 3.05) is 13.1 Å². The lowest BCUT2D eigenvalue weighted by Gasteiger charge is -2.43. The molecule has 1 aliphatic heterocycles. The summed E-state index contributed by atoms with van der Waals surface area (Å²) in [7, 11) is 0. The second kappa shape index (κ2) is 4.28. The lowest BCUT2D eigenvalue weighted by Crippen LogP contribution is -2.46. The molecule has 3 rings (SSSR count). The van der Waals surface area contributed by atoms with Gasteiger partial charge in [0.1, 0.15) is 0 Å². The first-order valence-electron chi connectivity index (χ1n) is 6.92. The quantitative estimate of drug-likeness (QED) is 0.816. The van der Waals surface area contributed by atoms with E-state index in [9.17, 15) is 0 Å². The highest BCUT2D eigenvalue weighted by Gasteiger charge is 2.47. The largest absolute Gasteiger partial charge is 0.322 e. The molecular weight excluding hydrogens is 224 g/mol. The second-order valence-electron chi connectivity index (χ2n) is 6.03. The van der Waals surface area contributed by atoms with Gasteiger partial charge in [0.25, 0.3) is 0 Å². The number of hydrogen-bond donors (Lipinski definition) is 1. The maximum absolute atomic E-state index is 6.46. The Bertz CT molecular complexity index is 435. The first-order chi connectivity index (χ1) is 8.62. The van der Waals surface area contributed by atoms with Crippen molar-refractivity contribution in [1.29, 1.82) is 0 Å². The number of likely N-dealkylation sites (tertiary alicyclic amines) is 1. The number of piperidine rings is 1. The van der Waals surface area contributed by atoms with Gasteiger partial charge in [-0.05, 0) is 51.6 Å². The average molecular weight is 246 g/mol. The maximum Gasteiger partial charge on any atom is 0.0791 e. The third kappa shape index (κ3) is 1.75. The molecule has 4 heteroatoms. The summed E-state index contributed by atoms with van der Waals surface area (Å²) in [5, 5.41) is 0. The molecule has 1 aromatic heterocycles. The molecule has 2 aliphatic rings. The molecule has 98 valence electrons. The Morgan fingerprint density at radius 1 is 1.28 bits per heavy atom. The number of fused-ring (bicyclic) bond motifs is 1. The van der Waals surface area contributed by atoms with Crippen LogP contribution >= 0.6 is 0 Å². The fourth-order valence-electron chi connectivity index (χ4n) is 3.48. The van der Waals surface area contributed by atoms with E-state index < -0.39 is 0 Å². The van der Waals surface area contributed by atoms with E-state index in [-0.39, 0.29) is 11.5 Å². The van der Waals surface area contributed by atoms with Crippen molar-refractivity contribution < 1.29 is 0 Å². The summed E-state index contributed by atoms with van der Waals surface area (Å²) in [5.41, 5.74) is 8.84. The van der Waals surface area contributed by atoms with Gasteiger partial charge in [0.15, 0.2) is 0 Å². The Balaban J connectivity index is 1.80. The molecule has 1 aromatic rings. The van der Waals surface area contributed by atoms with Crippen LogP contribution in [0.3, 0.4) is 0 Å². The number of rotatable bonds is 1. The molecule has 4 nitrogen and oxygen atoms in total. The molecular formula is C14H22N4. The lowest BCUT2D eigenvalue weighted by molar-refractivity contribution is 0.0702. The van der Waals surface area contributed by atoms with E-state index in [1.165, 1.54) is 12.8 Å². The van der Waals surface area contributed by atoms with Gasteiger partial charge < -0.3 is 10.6 Å². The summed E-state index contributed by atoms with van der Waals surface area (Å²) in [6, 6.07) is 0.717. The minimum atomic E-state index is 0.0792. The van der Waals surface area contributed by atoms with Gasteiger partial charge >= 0.3 is 0 Å². The van der Waals surface area contributed by atoms with Crippen LogP contribution in [-0.2, 0) is 6.42 Å². The minimum Gasteiger partial charge on any atom is -0.322 e. The highest BCUT2D eigenvalue weighted by molar-refractivity contribution is 5.27. The summed E-state index contributed by atoms with van der Waals surface area (Å²) < 4.78 is 0. The zero-order chi connectivity index (χ0) is 12.8. The standard InChI is InChI=1S/C14H22N4/c1-10(2)18-7-3-14(4-8-18)9-11-12(13(14)15)17-6-5-16-11/h5-6,10,13H,3-4,7-9,15H2,1-2H3/t13-/m1/s1. The van der Waals surface area contributed by atoms with Crippen molar-refractivity contribution in [2.45, 2.75) is 45.2 Å². The Morgan fingerprint density at radius 3 is 2.56 bits per heavy atom. The Labute approximate surface area is 109 Å². The Kier molecular flexibility index (Phi) is 2.87. The Hall–Kier alpha value is -1.00. The SMILES string of the molecule is CC(C)N1CCC2(CC1)Cc1nccnc1[C@H]2N. The minimum absolute atomic E-state index is 0.0792. The van der Waals surface area contributed by atoms with E-state index in [1.807, 2.05) is 0 Å². The molecule has 0 unspecified atom stereocenters. The number of hydrogen-bond acceptors (Lipinski definition) is 4. The van der Waals surface area contributed by atoms with Crippen LogP contribution in [0, 0.1) is 5.41 Å². The van der Waals surface area contributed by atoms with Gasteiger partial charge in [0.2, 0.25) is 0 Å².